The van der Waals surface area contributed by atoms with Crippen molar-refractivity contribution in [3.63, 3.8) is 0 Å². The zero-order valence-electron chi connectivity index (χ0n) is 8.77. The number of anilines is 1. The summed E-state index contributed by atoms with van der Waals surface area (Å²) in [5.41, 5.74) is 1.37. The first-order valence-electron chi connectivity index (χ1n) is 4.70. The molecule has 0 aromatic heterocycles. The van der Waals surface area contributed by atoms with Crippen LogP contribution in [0.25, 0.3) is 0 Å². The Kier molecular flexibility index (Phi) is 4.15. The Balaban J connectivity index is 2.97. The van der Waals surface area contributed by atoms with Gasteiger partial charge in [0.1, 0.15) is 0 Å². The topological polar surface area (TPSA) is 64.3 Å². The summed E-state index contributed by atoms with van der Waals surface area (Å²) in [6, 6.07) is 6.92. The van der Waals surface area contributed by atoms with Gasteiger partial charge in [0, 0.05) is 17.3 Å². The summed E-state index contributed by atoms with van der Waals surface area (Å²) < 4.78 is 0. The van der Waals surface area contributed by atoms with Crippen molar-refractivity contribution < 1.29 is 9.90 Å². The molecule has 4 nitrogen and oxygen atoms in total. The molecule has 1 amide bonds. The molecule has 0 atom stereocenters. The van der Waals surface area contributed by atoms with Gasteiger partial charge in [0.15, 0.2) is 0 Å². The second-order valence-electron chi connectivity index (χ2n) is 3.28. The lowest BCUT2D eigenvalue weighted by molar-refractivity contribution is 0.202. The molecule has 0 aliphatic heterocycles. The molecule has 1 aromatic carbocycles. The summed E-state index contributed by atoms with van der Waals surface area (Å²) in [5.74, 6) is 0. The fourth-order valence-electron chi connectivity index (χ4n) is 1.25. The molecule has 0 saturated carbocycles. The first-order chi connectivity index (χ1) is 7.56. The Hall–Kier alpha value is -1.73. The molecule has 0 fully saturated rings. The summed E-state index contributed by atoms with van der Waals surface area (Å²) in [5, 5.41) is 17.9. The second-order valence-corrected chi connectivity index (χ2v) is 3.68. The van der Waals surface area contributed by atoms with E-state index in [2.05, 4.69) is 0 Å². The van der Waals surface area contributed by atoms with E-state index in [1.807, 2.05) is 13.0 Å². The minimum absolute atomic E-state index is 0.144. The molecule has 84 valence electrons. The van der Waals surface area contributed by atoms with E-state index < -0.39 is 6.09 Å². The molecular formula is C11H11ClN2O2. The van der Waals surface area contributed by atoms with Crippen LogP contribution in [0.3, 0.4) is 0 Å². The van der Waals surface area contributed by atoms with Crippen molar-refractivity contribution in [1.82, 2.24) is 0 Å². The molecule has 16 heavy (non-hydrogen) atoms. The molecule has 0 aliphatic carbocycles. The molecule has 0 aliphatic rings. The molecule has 0 bridgehead atoms. The van der Waals surface area contributed by atoms with E-state index in [1.54, 1.807) is 18.2 Å². The van der Waals surface area contributed by atoms with Gasteiger partial charge in [-0.3, -0.25) is 4.90 Å². The first kappa shape index (κ1) is 12.3. The number of aryl methyl sites for hydroxylation is 1. The molecule has 1 aromatic rings. The zero-order valence-corrected chi connectivity index (χ0v) is 9.53. The number of rotatable bonds is 3. The third-order valence-electron chi connectivity index (χ3n) is 2.15. The van der Waals surface area contributed by atoms with Crippen molar-refractivity contribution in [2.45, 2.75) is 13.3 Å². The molecular weight excluding hydrogens is 228 g/mol. The normalized spacial score (nSPS) is 9.56. The minimum Gasteiger partial charge on any atom is -0.465 e. The Labute approximate surface area is 98.7 Å². The average molecular weight is 239 g/mol. The van der Waals surface area contributed by atoms with Gasteiger partial charge in [-0.1, -0.05) is 17.7 Å². The number of hydrogen-bond donors (Lipinski definition) is 1. The number of nitriles is 1. The molecule has 0 saturated heterocycles. The van der Waals surface area contributed by atoms with Gasteiger partial charge >= 0.3 is 6.09 Å². The number of nitrogens with zero attached hydrogens (tertiary/aromatic N) is 2. The first-order valence-corrected chi connectivity index (χ1v) is 5.07. The SMILES string of the molecule is Cc1ccc(N(CCC#N)C(=O)O)cc1Cl. The van der Waals surface area contributed by atoms with Crippen LogP contribution in [0.5, 0.6) is 0 Å². The summed E-state index contributed by atoms with van der Waals surface area (Å²) in [6.45, 7) is 1.98. The largest absolute Gasteiger partial charge is 0.465 e. The molecule has 1 N–H and O–H groups in total. The molecule has 5 heteroatoms. The summed E-state index contributed by atoms with van der Waals surface area (Å²) in [4.78, 5) is 12.1. The van der Waals surface area contributed by atoms with Gasteiger partial charge in [0.2, 0.25) is 0 Å². The predicted molar refractivity (Wildman–Crippen MR) is 61.8 cm³/mol. The number of benzene rings is 1. The van der Waals surface area contributed by atoms with Crippen molar-refractivity contribution in [3.8, 4) is 6.07 Å². The van der Waals surface area contributed by atoms with Crippen molar-refractivity contribution in [1.29, 1.82) is 5.26 Å². The van der Waals surface area contributed by atoms with Crippen molar-refractivity contribution in [3.05, 3.63) is 28.8 Å². The highest BCUT2D eigenvalue weighted by Crippen LogP contribution is 2.23. The standard InChI is InChI=1S/C11H11ClN2O2/c1-8-3-4-9(7-10(8)12)14(11(15)16)6-2-5-13/h3-4,7H,2,6H2,1H3,(H,15,16). The number of carboxylic acid groups (broad SMARTS) is 1. The third-order valence-corrected chi connectivity index (χ3v) is 2.55. The van der Waals surface area contributed by atoms with E-state index in [-0.39, 0.29) is 13.0 Å². The van der Waals surface area contributed by atoms with Crippen molar-refractivity contribution in [2.75, 3.05) is 11.4 Å². The molecule has 1 rings (SSSR count). The van der Waals surface area contributed by atoms with E-state index in [4.69, 9.17) is 22.0 Å². The predicted octanol–water partition coefficient (Wildman–Crippen LogP) is 3.05. The maximum absolute atomic E-state index is 11.0. The number of halogens is 1. The highest BCUT2D eigenvalue weighted by Gasteiger charge is 2.14. The van der Waals surface area contributed by atoms with E-state index in [0.29, 0.717) is 10.7 Å². The highest BCUT2D eigenvalue weighted by molar-refractivity contribution is 6.31. The molecule has 0 spiro atoms. The van der Waals surface area contributed by atoms with Gasteiger partial charge < -0.3 is 5.11 Å². The van der Waals surface area contributed by atoms with Gasteiger partial charge in [0.05, 0.1) is 12.5 Å². The van der Waals surface area contributed by atoms with Gasteiger partial charge in [-0.2, -0.15) is 5.26 Å². The average Bonchev–Trinajstić information content (AvgIpc) is 2.23. The Morgan fingerprint density at radius 3 is 2.81 bits per heavy atom. The fraction of sp³-hybridized carbons (Fsp3) is 0.273. The molecule has 0 unspecified atom stereocenters. The summed E-state index contributed by atoms with van der Waals surface area (Å²) in [6.07, 6.45) is -0.937. The second kappa shape index (κ2) is 5.38. The van der Waals surface area contributed by atoms with Crippen LogP contribution in [-0.2, 0) is 0 Å². The zero-order chi connectivity index (χ0) is 12.1. The third kappa shape index (κ3) is 2.88. The van der Waals surface area contributed by atoms with E-state index >= 15 is 0 Å². The van der Waals surface area contributed by atoms with Crippen LogP contribution in [0, 0.1) is 18.3 Å². The van der Waals surface area contributed by atoms with Crippen molar-refractivity contribution in [2.24, 2.45) is 0 Å². The Bertz CT molecular complexity index is 440. The minimum atomic E-state index is -1.09. The maximum Gasteiger partial charge on any atom is 0.411 e. The summed E-state index contributed by atoms with van der Waals surface area (Å²) in [7, 11) is 0. The van der Waals surface area contributed by atoms with E-state index in [9.17, 15) is 4.79 Å². The van der Waals surface area contributed by atoms with Crippen LogP contribution in [0.15, 0.2) is 18.2 Å². The fourth-order valence-corrected chi connectivity index (χ4v) is 1.42. The molecule has 0 radical (unpaired) electrons. The Morgan fingerprint density at radius 2 is 2.31 bits per heavy atom. The van der Waals surface area contributed by atoms with E-state index in [1.165, 1.54) is 0 Å². The lowest BCUT2D eigenvalue weighted by Crippen LogP contribution is -2.30. The van der Waals surface area contributed by atoms with Crippen LogP contribution in [0.1, 0.15) is 12.0 Å². The van der Waals surface area contributed by atoms with E-state index in [0.717, 1.165) is 10.5 Å². The maximum atomic E-state index is 11.0. The van der Waals surface area contributed by atoms with Gasteiger partial charge in [0.25, 0.3) is 0 Å². The number of carbonyl (C=O) groups is 1. The van der Waals surface area contributed by atoms with Gasteiger partial charge in [-0.25, -0.2) is 4.79 Å². The van der Waals surface area contributed by atoms with Crippen LogP contribution in [-0.4, -0.2) is 17.7 Å². The molecule has 0 heterocycles. The number of hydrogen-bond acceptors (Lipinski definition) is 2. The smallest absolute Gasteiger partial charge is 0.411 e. The number of amides is 1. The van der Waals surface area contributed by atoms with Crippen LogP contribution >= 0.6 is 11.6 Å². The van der Waals surface area contributed by atoms with Crippen LogP contribution in [0.4, 0.5) is 10.5 Å². The lowest BCUT2D eigenvalue weighted by atomic mass is 10.2. The monoisotopic (exact) mass is 238 g/mol. The van der Waals surface area contributed by atoms with Crippen molar-refractivity contribution >= 4 is 23.4 Å². The van der Waals surface area contributed by atoms with Gasteiger partial charge in [-0.15, -0.1) is 0 Å². The quantitative estimate of drug-likeness (QED) is 0.880. The van der Waals surface area contributed by atoms with Crippen LogP contribution < -0.4 is 4.90 Å². The van der Waals surface area contributed by atoms with Gasteiger partial charge in [-0.05, 0) is 24.6 Å². The Morgan fingerprint density at radius 1 is 1.62 bits per heavy atom. The summed E-state index contributed by atoms with van der Waals surface area (Å²) >= 11 is 5.91. The highest BCUT2D eigenvalue weighted by atomic mass is 35.5. The lowest BCUT2D eigenvalue weighted by Gasteiger charge is -2.18. The van der Waals surface area contributed by atoms with Crippen LogP contribution in [0.2, 0.25) is 5.02 Å².